The summed E-state index contributed by atoms with van der Waals surface area (Å²) in [6.45, 7) is 0. The first kappa shape index (κ1) is 16.1. The van der Waals surface area contributed by atoms with Gasteiger partial charge in [-0.2, -0.15) is 0 Å². The van der Waals surface area contributed by atoms with Crippen molar-refractivity contribution in [3.8, 4) is 0 Å². The Balaban J connectivity index is 1.75. The summed E-state index contributed by atoms with van der Waals surface area (Å²) in [6, 6.07) is 8.94. The number of anilines is 2. The molecule has 1 saturated carbocycles. The van der Waals surface area contributed by atoms with Gasteiger partial charge in [0.05, 0.1) is 15.7 Å². The minimum Gasteiger partial charge on any atom is -0.349 e. The van der Waals surface area contributed by atoms with Gasteiger partial charge in [0.15, 0.2) is 0 Å². The van der Waals surface area contributed by atoms with Gasteiger partial charge in [0, 0.05) is 17.8 Å². The maximum Gasteiger partial charge on any atom is 0.251 e. The maximum absolute atomic E-state index is 12.3. The number of carbonyl (C=O) groups is 1. The Bertz CT molecular complexity index is 694. The van der Waals surface area contributed by atoms with Crippen LogP contribution in [0.2, 0.25) is 10.0 Å². The molecule has 1 aromatic carbocycles. The third-order valence-electron chi connectivity index (χ3n) is 3.93. The first-order valence-corrected chi connectivity index (χ1v) is 8.37. The van der Waals surface area contributed by atoms with Crippen LogP contribution in [0.3, 0.4) is 0 Å². The summed E-state index contributed by atoms with van der Waals surface area (Å²) in [4.78, 5) is 16.5. The molecule has 1 aliphatic carbocycles. The molecule has 3 rings (SSSR count). The number of para-hydroxylation sites is 1. The van der Waals surface area contributed by atoms with Crippen LogP contribution >= 0.6 is 23.2 Å². The standard InChI is InChI=1S/C17H17Cl2N3O/c18-13-6-3-7-14(19)16(13)22-15-10-11(8-9-20-15)17(23)21-12-4-1-2-5-12/h3,6-10,12H,1-2,4-5H2,(H,20,22)(H,21,23). The Hall–Kier alpha value is -1.78. The van der Waals surface area contributed by atoms with Gasteiger partial charge in [-0.05, 0) is 37.1 Å². The van der Waals surface area contributed by atoms with Crippen LogP contribution in [0.4, 0.5) is 11.5 Å². The van der Waals surface area contributed by atoms with Crippen molar-refractivity contribution in [2.24, 2.45) is 0 Å². The minimum absolute atomic E-state index is 0.0763. The number of benzene rings is 1. The molecule has 1 fully saturated rings. The number of pyridine rings is 1. The summed E-state index contributed by atoms with van der Waals surface area (Å²) >= 11 is 12.3. The zero-order valence-corrected chi connectivity index (χ0v) is 14.0. The van der Waals surface area contributed by atoms with E-state index >= 15 is 0 Å². The first-order chi connectivity index (χ1) is 11.1. The molecule has 0 aliphatic heterocycles. The van der Waals surface area contributed by atoms with Crippen LogP contribution in [0.15, 0.2) is 36.5 Å². The van der Waals surface area contributed by atoms with Gasteiger partial charge >= 0.3 is 0 Å². The molecule has 23 heavy (non-hydrogen) atoms. The lowest BCUT2D eigenvalue weighted by atomic mass is 10.2. The molecule has 2 N–H and O–H groups in total. The van der Waals surface area contributed by atoms with Gasteiger partial charge < -0.3 is 10.6 Å². The summed E-state index contributed by atoms with van der Waals surface area (Å²) in [7, 11) is 0. The van der Waals surface area contributed by atoms with Crippen LogP contribution in [0.1, 0.15) is 36.0 Å². The summed E-state index contributed by atoms with van der Waals surface area (Å²) < 4.78 is 0. The lowest BCUT2D eigenvalue weighted by molar-refractivity contribution is 0.0938. The molecule has 0 radical (unpaired) electrons. The molecule has 0 unspecified atom stereocenters. The first-order valence-electron chi connectivity index (χ1n) is 7.61. The van der Waals surface area contributed by atoms with Crippen LogP contribution in [0.5, 0.6) is 0 Å². The molecule has 1 heterocycles. The van der Waals surface area contributed by atoms with E-state index in [0.717, 1.165) is 12.8 Å². The summed E-state index contributed by atoms with van der Waals surface area (Å²) in [5, 5.41) is 7.14. The van der Waals surface area contributed by atoms with Gasteiger partial charge in [-0.25, -0.2) is 4.98 Å². The van der Waals surface area contributed by atoms with E-state index in [-0.39, 0.29) is 11.9 Å². The highest BCUT2D eigenvalue weighted by Gasteiger charge is 2.18. The molecular weight excluding hydrogens is 333 g/mol. The fourth-order valence-corrected chi connectivity index (χ4v) is 3.22. The van der Waals surface area contributed by atoms with Gasteiger partial charge in [-0.1, -0.05) is 42.1 Å². The number of nitrogens with zero attached hydrogens (tertiary/aromatic N) is 1. The minimum atomic E-state index is -0.0763. The quantitative estimate of drug-likeness (QED) is 0.832. The van der Waals surface area contributed by atoms with Gasteiger partial charge in [-0.3, -0.25) is 4.79 Å². The Morgan fingerprint density at radius 1 is 1.13 bits per heavy atom. The number of carbonyl (C=O) groups excluding carboxylic acids is 1. The number of hydrogen-bond donors (Lipinski definition) is 2. The summed E-state index contributed by atoms with van der Waals surface area (Å²) in [5.41, 5.74) is 1.15. The highest BCUT2D eigenvalue weighted by Crippen LogP contribution is 2.32. The Morgan fingerprint density at radius 3 is 2.52 bits per heavy atom. The molecule has 0 bridgehead atoms. The normalized spacial score (nSPS) is 14.7. The molecule has 1 aliphatic rings. The van der Waals surface area contributed by atoms with Crippen LogP contribution in [0, 0.1) is 0 Å². The molecule has 0 atom stereocenters. The van der Waals surface area contributed by atoms with Gasteiger partial charge in [0.25, 0.3) is 5.91 Å². The van der Waals surface area contributed by atoms with Crippen molar-refractivity contribution >= 4 is 40.6 Å². The Morgan fingerprint density at radius 2 is 1.83 bits per heavy atom. The summed E-state index contributed by atoms with van der Waals surface area (Å²) in [5.74, 6) is 0.451. The topological polar surface area (TPSA) is 54.0 Å². The van der Waals surface area contributed by atoms with Crippen molar-refractivity contribution in [1.82, 2.24) is 10.3 Å². The molecule has 0 saturated heterocycles. The fourth-order valence-electron chi connectivity index (χ4n) is 2.72. The van der Waals surface area contributed by atoms with E-state index in [0.29, 0.717) is 27.1 Å². The van der Waals surface area contributed by atoms with E-state index in [1.807, 2.05) is 0 Å². The zero-order valence-electron chi connectivity index (χ0n) is 12.5. The zero-order chi connectivity index (χ0) is 16.2. The second-order valence-electron chi connectivity index (χ2n) is 5.61. The largest absolute Gasteiger partial charge is 0.349 e. The lowest BCUT2D eigenvalue weighted by Gasteiger charge is -2.13. The monoisotopic (exact) mass is 349 g/mol. The van der Waals surface area contributed by atoms with Crippen molar-refractivity contribution < 1.29 is 4.79 Å². The van der Waals surface area contributed by atoms with E-state index in [2.05, 4.69) is 15.6 Å². The number of nitrogens with one attached hydrogen (secondary N) is 2. The molecule has 120 valence electrons. The number of amides is 1. The smallest absolute Gasteiger partial charge is 0.251 e. The predicted molar refractivity (Wildman–Crippen MR) is 93.7 cm³/mol. The number of hydrogen-bond acceptors (Lipinski definition) is 3. The number of halogens is 2. The molecule has 1 amide bonds. The van der Waals surface area contributed by atoms with E-state index < -0.39 is 0 Å². The van der Waals surface area contributed by atoms with E-state index in [1.54, 1.807) is 36.5 Å². The van der Waals surface area contributed by atoms with Gasteiger partial charge in [0.1, 0.15) is 5.82 Å². The average Bonchev–Trinajstić information content (AvgIpc) is 3.04. The SMILES string of the molecule is O=C(NC1CCCC1)c1ccnc(Nc2c(Cl)cccc2Cl)c1. The molecule has 2 aromatic rings. The third-order valence-corrected chi connectivity index (χ3v) is 4.56. The molecule has 0 spiro atoms. The second-order valence-corrected chi connectivity index (χ2v) is 6.42. The fraction of sp³-hybridized carbons (Fsp3) is 0.294. The van der Waals surface area contributed by atoms with E-state index in [1.165, 1.54) is 12.8 Å². The predicted octanol–water partition coefficient (Wildman–Crippen LogP) is 4.80. The molecule has 4 nitrogen and oxygen atoms in total. The number of aromatic nitrogens is 1. The van der Waals surface area contributed by atoms with Crippen LogP contribution in [-0.2, 0) is 0 Å². The van der Waals surface area contributed by atoms with Crippen LogP contribution in [0.25, 0.3) is 0 Å². The van der Waals surface area contributed by atoms with E-state index in [4.69, 9.17) is 23.2 Å². The lowest BCUT2D eigenvalue weighted by Crippen LogP contribution is -2.32. The van der Waals surface area contributed by atoms with Crippen LogP contribution in [-0.4, -0.2) is 16.9 Å². The van der Waals surface area contributed by atoms with E-state index in [9.17, 15) is 4.79 Å². The maximum atomic E-state index is 12.3. The number of rotatable bonds is 4. The second kappa shape index (κ2) is 7.20. The summed E-state index contributed by atoms with van der Waals surface area (Å²) in [6.07, 6.45) is 6.06. The highest BCUT2D eigenvalue weighted by atomic mass is 35.5. The van der Waals surface area contributed by atoms with Gasteiger partial charge in [-0.15, -0.1) is 0 Å². The molecule has 6 heteroatoms. The molecular formula is C17H17Cl2N3O. The molecule has 1 aromatic heterocycles. The average molecular weight is 350 g/mol. The third kappa shape index (κ3) is 3.95. The van der Waals surface area contributed by atoms with Crippen molar-refractivity contribution in [1.29, 1.82) is 0 Å². The van der Waals surface area contributed by atoms with Crippen molar-refractivity contribution in [3.63, 3.8) is 0 Å². The van der Waals surface area contributed by atoms with Gasteiger partial charge in [0.2, 0.25) is 0 Å². The van der Waals surface area contributed by atoms with Crippen molar-refractivity contribution in [3.05, 3.63) is 52.1 Å². The Kier molecular flexibility index (Phi) is 5.03. The van der Waals surface area contributed by atoms with Crippen LogP contribution < -0.4 is 10.6 Å². The van der Waals surface area contributed by atoms with Crippen molar-refractivity contribution in [2.45, 2.75) is 31.7 Å². The highest BCUT2D eigenvalue weighted by molar-refractivity contribution is 6.39. The van der Waals surface area contributed by atoms with Crippen molar-refractivity contribution in [2.75, 3.05) is 5.32 Å². The Labute approximate surface area is 145 Å².